The van der Waals surface area contributed by atoms with Crippen molar-refractivity contribution >= 4 is 23.2 Å². The number of aryl methyl sites for hydroxylation is 1. The van der Waals surface area contributed by atoms with E-state index in [9.17, 15) is 14.4 Å². The zero-order chi connectivity index (χ0) is 14.8. The highest BCUT2D eigenvalue weighted by molar-refractivity contribution is 7.07. The Morgan fingerprint density at radius 2 is 2.05 bits per heavy atom. The molecule has 1 aromatic rings. The number of rotatable bonds is 4. The summed E-state index contributed by atoms with van der Waals surface area (Å²) in [5.74, 6) is -1.57. The van der Waals surface area contributed by atoms with E-state index in [1.54, 1.807) is 33.1 Å². The van der Waals surface area contributed by atoms with E-state index >= 15 is 0 Å². The molecule has 0 saturated heterocycles. The van der Waals surface area contributed by atoms with Crippen LogP contribution in [0.25, 0.3) is 0 Å². The number of carbonyl (C=O) groups excluding carboxylic acids is 1. The fourth-order valence-electron chi connectivity index (χ4n) is 1.60. The molecule has 1 rings (SSSR count). The maximum absolute atomic E-state index is 11.8. The number of aromatic nitrogens is 1. The average Bonchev–Trinajstić information content (AvgIpc) is 2.55. The van der Waals surface area contributed by atoms with Crippen molar-refractivity contribution in [3.8, 4) is 0 Å². The summed E-state index contributed by atoms with van der Waals surface area (Å²) < 4.78 is 1.32. The Morgan fingerprint density at radius 1 is 1.47 bits per heavy atom. The number of hydrogen-bond acceptors (Lipinski definition) is 4. The second-order valence-electron chi connectivity index (χ2n) is 5.43. The molecule has 0 aliphatic carbocycles. The molecule has 6 nitrogen and oxygen atoms in total. The van der Waals surface area contributed by atoms with Gasteiger partial charge in [-0.3, -0.25) is 14.2 Å². The highest BCUT2D eigenvalue weighted by Crippen LogP contribution is 2.19. The van der Waals surface area contributed by atoms with E-state index in [0.717, 1.165) is 11.3 Å². The quantitative estimate of drug-likeness (QED) is 0.858. The van der Waals surface area contributed by atoms with Crippen molar-refractivity contribution in [3.63, 3.8) is 0 Å². The summed E-state index contributed by atoms with van der Waals surface area (Å²) in [6.45, 7) is 6.76. The third-order valence-corrected chi connectivity index (χ3v) is 3.58. The van der Waals surface area contributed by atoms with Gasteiger partial charge in [0.25, 0.3) is 0 Å². The number of nitrogens with zero attached hydrogens (tertiary/aromatic N) is 1. The fraction of sp³-hybridized carbons (Fsp3) is 0.583. The number of hydrogen-bond donors (Lipinski definition) is 2. The van der Waals surface area contributed by atoms with Gasteiger partial charge in [0.05, 0.1) is 0 Å². The molecule has 7 heteroatoms. The van der Waals surface area contributed by atoms with E-state index in [2.05, 4.69) is 5.32 Å². The van der Waals surface area contributed by atoms with Crippen molar-refractivity contribution in [3.05, 3.63) is 20.7 Å². The molecule has 0 fully saturated rings. The number of carboxylic acid groups (broad SMARTS) is 1. The molecule has 19 heavy (non-hydrogen) atoms. The Bertz CT molecular complexity index is 539. The topological polar surface area (TPSA) is 88.4 Å². The first-order valence-corrected chi connectivity index (χ1v) is 6.68. The summed E-state index contributed by atoms with van der Waals surface area (Å²) in [4.78, 5) is 34.2. The van der Waals surface area contributed by atoms with Crippen LogP contribution in [0.4, 0.5) is 0 Å². The lowest BCUT2D eigenvalue weighted by molar-refractivity contribution is -0.145. The lowest BCUT2D eigenvalue weighted by Gasteiger charge is -2.27. The summed E-state index contributed by atoms with van der Waals surface area (Å²) >= 11 is 1.01. The predicted molar refractivity (Wildman–Crippen MR) is 72.3 cm³/mol. The molecule has 1 atom stereocenters. The molecule has 0 aliphatic rings. The molecule has 1 heterocycles. The minimum absolute atomic E-state index is 0.159. The standard InChI is InChI=1S/C12H18N2O4S/c1-7-6-19-11(18)14(7)5-8(15)13-9(10(16)17)12(2,3)4/h6,9H,5H2,1-4H3,(H,13,15)(H,16,17). The third kappa shape index (κ3) is 3.92. The van der Waals surface area contributed by atoms with Crippen molar-refractivity contribution in [2.24, 2.45) is 5.41 Å². The molecule has 0 saturated carbocycles. The van der Waals surface area contributed by atoms with Crippen LogP contribution in [0.3, 0.4) is 0 Å². The number of carboxylic acids is 1. The lowest BCUT2D eigenvalue weighted by atomic mass is 9.87. The normalized spacial score (nSPS) is 13.1. The van der Waals surface area contributed by atoms with Crippen LogP contribution in [0.5, 0.6) is 0 Å². The molecular weight excluding hydrogens is 268 g/mol. The molecule has 0 aliphatic heterocycles. The first kappa shape index (κ1) is 15.4. The SMILES string of the molecule is Cc1csc(=O)n1CC(=O)NC(C(=O)O)C(C)(C)C. The van der Waals surface area contributed by atoms with Gasteiger partial charge in [-0.25, -0.2) is 4.79 Å². The Hall–Kier alpha value is -1.63. The summed E-state index contributed by atoms with van der Waals surface area (Å²) in [6, 6.07) is -0.991. The van der Waals surface area contributed by atoms with Crippen LogP contribution in [0, 0.1) is 12.3 Å². The second kappa shape index (κ2) is 5.56. The van der Waals surface area contributed by atoms with Gasteiger partial charge in [0.2, 0.25) is 5.91 Å². The summed E-state index contributed by atoms with van der Waals surface area (Å²) in [7, 11) is 0. The highest BCUT2D eigenvalue weighted by Gasteiger charge is 2.32. The maximum Gasteiger partial charge on any atom is 0.326 e. The smallest absolute Gasteiger partial charge is 0.326 e. The first-order chi connectivity index (χ1) is 8.62. The molecule has 106 valence electrons. The first-order valence-electron chi connectivity index (χ1n) is 5.80. The molecule has 0 radical (unpaired) electrons. The summed E-state index contributed by atoms with van der Waals surface area (Å²) in [6.07, 6.45) is 0. The van der Waals surface area contributed by atoms with E-state index < -0.39 is 23.3 Å². The van der Waals surface area contributed by atoms with Crippen molar-refractivity contribution in [2.75, 3.05) is 0 Å². The van der Waals surface area contributed by atoms with Gasteiger partial charge in [0.15, 0.2) is 0 Å². The third-order valence-electron chi connectivity index (χ3n) is 2.70. The number of carbonyl (C=O) groups is 2. The molecule has 0 aromatic carbocycles. The van der Waals surface area contributed by atoms with Crippen LogP contribution in [0.15, 0.2) is 10.2 Å². The molecule has 1 unspecified atom stereocenters. The molecule has 2 N–H and O–H groups in total. The van der Waals surface area contributed by atoms with Crippen molar-refractivity contribution in [2.45, 2.75) is 40.3 Å². The van der Waals surface area contributed by atoms with Gasteiger partial charge in [0, 0.05) is 11.1 Å². The highest BCUT2D eigenvalue weighted by atomic mass is 32.1. The van der Waals surface area contributed by atoms with Gasteiger partial charge >= 0.3 is 10.8 Å². The van der Waals surface area contributed by atoms with Gasteiger partial charge in [-0.05, 0) is 12.3 Å². The number of aliphatic carboxylic acids is 1. The Kier molecular flexibility index (Phi) is 4.52. The Labute approximate surface area is 115 Å². The largest absolute Gasteiger partial charge is 0.480 e. The van der Waals surface area contributed by atoms with Crippen LogP contribution >= 0.6 is 11.3 Å². The van der Waals surface area contributed by atoms with Crippen LogP contribution in [0.2, 0.25) is 0 Å². The van der Waals surface area contributed by atoms with Gasteiger partial charge in [-0.1, -0.05) is 32.1 Å². The minimum Gasteiger partial charge on any atom is -0.480 e. The zero-order valence-electron chi connectivity index (χ0n) is 11.4. The molecule has 0 bridgehead atoms. The second-order valence-corrected chi connectivity index (χ2v) is 6.25. The van der Waals surface area contributed by atoms with Gasteiger partial charge < -0.3 is 10.4 Å². The van der Waals surface area contributed by atoms with Crippen molar-refractivity contribution in [1.29, 1.82) is 0 Å². The predicted octanol–water partition coefficient (Wildman–Crippen LogP) is 0.834. The van der Waals surface area contributed by atoms with Crippen molar-refractivity contribution < 1.29 is 14.7 Å². The van der Waals surface area contributed by atoms with E-state index in [1.165, 1.54) is 4.57 Å². The molecule has 0 spiro atoms. The number of thiazole rings is 1. The average molecular weight is 286 g/mol. The van der Waals surface area contributed by atoms with Crippen LogP contribution < -0.4 is 10.2 Å². The van der Waals surface area contributed by atoms with Crippen LogP contribution in [-0.4, -0.2) is 27.6 Å². The molecule has 1 aromatic heterocycles. The maximum atomic E-state index is 11.8. The Morgan fingerprint density at radius 3 is 2.42 bits per heavy atom. The van der Waals surface area contributed by atoms with E-state index in [0.29, 0.717) is 5.69 Å². The monoisotopic (exact) mass is 286 g/mol. The summed E-state index contributed by atoms with van der Waals surface area (Å²) in [5.41, 5.74) is 0.0867. The van der Waals surface area contributed by atoms with Gasteiger partial charge in [-0.2, -0.15) is 0 Å². The van der Waals surface area contributed by atoms with Crippen LogP contribution in [0.1, 0.15) is 26.5 Å². The lowest BCUT2D eigenvalue weighted by Crippen LogP contribution is -2.50. The number of nitrogens with one attached hydrogen (secondary N) is 1. The van der Waals surface area contributed by atoms with Gasteiger partial charge in [-0.15, -0.1) is 0 Å². The molecular formula is C12H18N2O4S. The zero-order valence-corrected chi connectivity index (χ0v) is 12.2. The number of amides is 1. The van der Waals surface area contributed by atoms with E-state index in [-0.39, 0.29) is 11.4 Å². The van der Waals surface area contributed by atoms with Crippen molar-refractivity contribution in [1.82, 2.24) is 9.88 Å². The minimum atomic E-state index is -1.09. The van der Waals surface area contributed by atoms with E-state index in [4.69, 9.17) is 5.11 Å². The fourth-order valence-corrected chi connectivity index (χ4v) is 2.33. The molecule has 1 amide bonds. The van der Waals surface area contributed by atoms with Crippen LogP contribution in [-0.2, 0) is 16.1 Å². The van der Waals surface area contributed by atoms with E-state index in [1.807, 2.05) is 0 Å². The summed E-state index contributed by atoms with van der Waals surface area (Å²) in [5, 5.41) is 13.2. The Balaban J connectivity index is 2.80. The van der Waals surface area contributed by atoms with Gasteiger partial charge in [0.1, 0.15) is 12.6 Å².